The Balaban J connectivity index is 1.95. The van der Waals surface area contributed by atoms with E-state index in [4.69, 9.17) is 18.9 Å². The number of esters is 1. The van der Waals surface area contributed by atoms with Gasteiger partial charge < -0.3 is 18.9 Å². The number of carbonyl (C=O) groups excluding carboxylic acids is 1. The number of methoxy groups -OCH3 is 1. The largest absolute Gasteiger partial charge is 0.497 e. The monoisotopic (exact) mass is 278 g/mol. The molecule has 3 atom stereocenters. The fraction of sp³-hybridized carbons (Fsp3) is 0.400. The number of ether oxygens (including phenoxy) is 4. The molecule has 5 nitrogen and oxygen atoms in total. The highest BCUT2D eigenvalue weighted by Gasteiger charge is 2.26. The number of carbonyl (C=O) groups is 1. The summed E-state index contributed by atoms with van der Waals surface area (Å²) in [6, 6.07) is 7.23. The Morgan fingerprint density at radius 2 is 1.80 bits per heavy atom. The maximum atomic E-state index is 10.9. The Morgan fingerprint density at radius 1 is 1.15 bits per heavy atom. The van der Waals surface area contributed by atoms with Crippen LogP contribution in [0.4, 0.5) is 0 Å². The molecular weight excluding hydrogens is 260 g/mol. The SMILES string of the molecule is COc1ccc(O[C@H]2C=C[C@@H](OC(C)=O)[C@H](C)O2)cc1. The van der Waals surface area contributed by atoms with Crippen LogP contribution < -0.4 is 9.47 Å². The van der Waals surface area contributed by atoms with Gasteiger partial charge in [0.2, 0.25) is 6.29 Å². The molecule has 1 aromatic carbocycles. The van der Waals surface area contributed by atoms with Crippen LogP contribution >= 0.6 is 0 Å². The second-order valence-corrected chi connectivity index (χ2v) is 4.46. The summed E-state index contributed by atoms with van der Waals surface area (Å²) in [4.78, 5) is 10.9. The Morgan fingerprint density at radius 3 is 2.35 bits per heavy atom. The molecule has 20 heavy (non-hydrogen) atoms. The molecule has 1 heterocycles. The Bertz CT molecular complexity index is 480. The summed E-state index contributed by atoms with van der Waals surface area (Å²) in [5.41, 5.74) is 0. The van der Waals surface area contributed by atoms with Crippen molar-refractivity contribution in [2.75, 3.05) is 7.11 Å². The lowest BCUT2D eigenvalue weighted by molar-refractivity contribution is -0.163. The van der Waals surface area contributed by atoms with E-state index in [0.29, 0.717) is 5.75 Å². The van der Waals surface area contributed by atoms with E-state index in [0.717, 1.165) is 5.75 Å². The zero-order chi connectivity index (χ0) is 14.5. The maximum absolute atomic E-state index is 10.9. The van der Waals surface area contributed by atoms with Gasteiger partial charge in [0, 0.05) is 6.92 Å². The topological polar surface area (TPSA) is 54.0 Å². The minimum Gasteiger partial charge on any atom is -0.497 e. The van der Waals surface area contributed by atoms with E-state index < -0.39 is 6.29 Å². The van der Waals surface area contributed by atoms with Gasteiger partial charge in [0.05, 0.1) is 13.2 Å². The molecule has 108 valence electrons. The standard InChI is InChI=1S/C15H18O5/c1-10-14(19-11(2)16)8-9-15(18-10)20-13-6-4-12(17-3)5-7-13/h4-10,14-15H,1-3H3/t10-,14+,15-/m0/s1. The van der Waals surface area contributed by atoms with Crippen LogP contribution in [0.15, 0.2) is 36.4 Å². The fourth-order valence-electron chi connectivity index (χ4n) is 1.87. The fourth-order valence-corrected chi connectivity index (χ4v) is 1.87. The van der Waals surface area contributed by atoms with Gasteiger partial charge in [-0.15, -0.1) is 0 Å². The summed E-state index contributed by atoms with van der Waals surface area (Å²) in [7, 11) is 1.61. The van der Waals surface area contributed by atoms with Gasteiger partial charge in [-0.2, -0.15) is 0 Å². The van der Waals surface area contributed by atoms with Crippen molar-refractivity contribution in [3.8, 4) is 11.5 Å². The van der Waals surface area contributed by atoms with Crippen LogP contribution in [-0.2, 0) is 14.3 Å². The molecule has 5 heteroatoms. The Kier molecular flexibility index (Phi) is 4.63. The molecule has 0 amide bonds. The van der Waals surface area contributed by atoms with E-state index in [1.54, 1.807) is 31.4 Å². The third-order valence-corrected chi connectivity index (χ3v) is 2.88. The average Bonchev–Trinajstić information content (AvgIpc) is 2.42. The van der Waals surface area contributed by atoms with Crippen LogP contribution in [0.2, 0.25) is 0 Å². The van der Waals surface area contributed by atoms with Crippen molar-refractivity contribution in [1.82, 2.24) is 0 Å². The molecule has 0 unspecified atom stereocenters. The van der Waals surface area contributed by atoms with Crippen LogP contribution in [0.1, 0.15) is 13.8 Å². The third kappa shape index (κ3) is 3.74. The van der Waals surface area contributed by atoms with E-state index in [2.05, 4.69) is 0 Å². The van der Waals surface area contributed by atoms with Crippen molar-refractivity contribution in [3.63, 3.8) is 0 Å². The molecule has 1 aliphatic heterocycles. The molecule has 1 aromatic rings. The van der Waals surface area contributed by atoms with E-state index >= 15 is 0 Å². The van der Waals surface area contributed by atoms with Gasteiger partial charge in [-0.25, -0.2) is 0 Å². The molecule has 0 radical (unpaired) electrons. The summed E-state index contributed by atoms with van der Waals surface area (Å²) < 4.78 is 21.5. The van der Waals surface area contributed by atoms with Crippen molar-refractivity contribution in [3.05, 3.63) is 36.4 Å². The summed E-state index contributed by atoms with van der Waals surface area (Å²) in [5.74, 6) is 1.11. The molecule has 0 fully saturated rings. The van der Waals surface area contributed by atoms with Gasteiger partial charge in [0.25, 0.3) is 0 Å². The van der Waals surface area contributed by atoms with Gasteiger partial charge in [-0.1, -0.05) is 0 Å². The molecule has 0 N–H and O–H groups in total. The molecule has 0 aliphatic carbocycles. The third-order valence-electron chi connectivity index (χ3n) is 2.88. The quantitative estimate of drug-likeness (QED) is 0.625. The summed E-state index contributed by atoms with van der Waals surface area (Å²) in [6.07, 6.45) is 2.39. The van der Waals surface area contributed by atoms with Crippen LogP contribution in [0.3, 0.4) is 0 Å². The number of rotatable bonds is 4. The summed E-state index contributed by atoms with van der Waals surface area (Å²) >= 11 is 0. The summed E-state index contributed by atoms with van der Waals surface area (Å²) in [5, 5.41) is 0. The minimum atomic E-state index is -0.495. The first-order valence-electron chi connectivity index (χ1n) is 6.40. The van der Waals surface area contributed by atoms with E-state index in [9.17, 15) is 4.79 Å². The van der Waals surface area contributed by atoms with Crippen molar-refractivity contribution >= 4 is 5.97 Å². The van der Waals surface area contributed by atoms with Crippen molar-refractivity contribution in [2.24, 2.45) is 0 Å². The molecule has 0 spiro atoms. The molecular formula is C15H18O5. The van der Waals surface area contributed by atoms with Gasteiger partial charge in [-0.05, 0) is 43.3 Å². The second-order valence-electron chi connectivity index (χ2n) is 4.46. The zero-order valence-corrected chi connectivity index (χ0v) is 11.7. The smallest absolute Gasteiger partial charge is 0.303 e. The summed E-state index contributed by atoms with van der Waals surface area (Å²) in [6.45, 7) is 3.21. The number of hydrogen-bond acceptors (Lipinski definition) is 5. The lowest BCUT2D eigenvalue weighted by Gasteiger charge is -2.29. The van der Waals surface area contributed by atoms with E-state index in [-0.39, 0.29) is 18.2 Å². The van der Waals surface area contributed by atoms with Gasteiger partial charge >= 0.3 is 5.97 Å². The van der Waals surface area contributed by atoms with E-state index in [1.807, 2.05) is 19.1 Å². The first-order valence-corrected chi connectivity index (χ1v) is 6.40. The van der Waals surface area contributed by atoms with Crippen LogP contribution in [0, 0.1) is 0 Å². The van der Waals surface area contributed by atoms with Crippen LogP contribution in [0.5, 0.6) is 11.5 Å². The van der Waals surface area contributed by atoms with Gasteiger partial charge in [-0.3, -0.25) is 4.79 Å². The first-order chi connectivity index (χ1) is 9.58. The zero-order valence-electron chi connectivity index (χ0n) is 11.7. The average molecular weight is 278 g/mol. The Labute approximate surface area is 118 Å². The van der Waals surface area contributed by atoms with Gasteiger partial charge in [0.15, 0.2) is 0 Å². The second kappa shape index (κ2) is 6.43. The lowest BCUT2D eigenvalue weighted by Crippen LogP contribution is -2.37. The van der Waals surface area contributed by atoms with Crippen molar-refractivity contribution < 1.29 is 23.7 Å². The molecule has 1 aliphatic rings. The maximum Gasteiger partial charge on any atom is 0.303 e. The predicted octanol–water partition coefficient (Wildman–Crippen LogP) is 2.31. The highest BCUT2D eigenvalue weighted by Crippen LogP contribution is 2.22. The van der Waals surface area contributed by atoms with Crippen LogP contribution in [0.25, 0.3) is 0 Å². The van der Waals surface area contributed by atoms with Gasteiger partial charge in [0.1, 0.15) is 17.6 Å². The minimum absolute atomic E-state index is 0.257. The lowest BCUT2D eigenvalue weighted by atomic mass is 10.1. The normalized spacial score (nSPS) is 25.1. The van der Waals surface area contributed by atoms with Crippen LogP contribution in [-0.4, -0.2) is 31.6 Å². The molecule has 0 saturated heterocycles. The highest BCUT2D eigenvalue weighted by atomic mass is 16.7. The molecule has 0 bridgehead atoms. The van der Waals surface area contributed by atoms with Crippen molar-refractivity contribution in [1.29, 1.82) is 0 Å². The molecule has 2 rings (SSSR count). The van der Waals surface area contributed by atoms with E-state index in [1.165, 1.54) is 6.92 Å². The Hall–Kier alpha value is -2.01. The number of hydrogen-bond donors (Lipinski definition) is 0. The van der Waals surface area contributed by atoms with Crippen molar-refractivity contribution in [2.45, 2.75) is 32.3 Å². The molecule has 0 saturated carbocycles. The molecule has 0 aromatic heterocycles. The number of benzene rings is 1. The highest BCUT2D eigenvalue weighted by molar-refractivity contribution is 5.66. The predicted molar refractivity (Wildman–Crippen MR) is 72.7 cm³/mol. The first kappa shape index (κ1) is 14.4.